The first-order valence-electron chi connectivity index (χ1n) is 5.07. The van der Waals surface area contributed by atoms with Gasteiger partial charge in [0.2, 0.25) is 0 Å². The van der Waals surface area contributed by atoms with E-state index in [1.165, 1.54) is 22.4 Å². The molecule has 1 rings (SSSR count). The summed E-state index contributed by atoms with van der Waals surface area (Å²) in [5.74, 6) is 0. The van der Waals surface area contributed by atoms with Crippen LogP contribution in [0.3, 0.4) is 0 Å². The number of aliphatic hydroxyl groups is 1. The van der Waals surface area contributed by atoms with E-state index >= 15 is 0 Å². The minimum Gasteiger partial charge on any atom is -0.396 e. The van der Waals surface area contributed by atoms with E-state index in [0.717, 1.165) is 13.0 Å². The monoisotopic (exact) mass is 193 g/mol. The summed E-state index contributed by atoms with van der Waals surface area (Å²) in [5, 5.41) is 12.0. The average Bonchev–Trinajstić information content (AvgIpc) is 2.14. The lowest BCUT2D eigenvalue weighted by Gasteiger charge is -2.11. The fourth-order valence-electron chi connectivity index (χ4n) is 1.45. The molecule has 0 bridgehead atoms. The highest BCUT2D eigenvalue weighted by Gasteiger charge is 2.00. The Bertz CT molecular complexity index is 307. The summed E-state index contributed by atoms with van der Waals surface area (Å²) in [6.07, 6.45) is 0.798. The summed E-state index contributed by atoms with van der Waals surface area (Å²) in [6.45, 7) is 7.43. The van der Waals surface area contributed by atoms with Gasteiger partial charge in [-0.25, -0.2) is 0 Å². The molecule has 0 aromatic heterocycles. The zero-order valence-electron chi connectivity index (χ0n) is 9.22. The maximum atomic E-state index is 8.67. The maximum Gasteiger partial charge on any atom is 0.0447 e. The molecular weight excluding hydrogens is 174 g/mol. The third-order valence-electron chi connectivity index (χ3n) is 2.49. The highest BCUT2D eigenvalue weighted by molar-refractivity contribution is 5.54. The van der Waals surface area contributed by atoms with Crippen molar-refractivity contribution in [3.63, 3.8) is 0 Å². The van der Waals surface area contributed by atoms with E-state index in [1.807, 2.05) is 0 Å². The second-order valence-corrected chi connectivity index (χ2v) is 3.76. The van der Waals surface area contributed by atoms with Gasteiger partial charge in [-0.05, 0) is 49.9 Å². The Hall–Kier alpha value is -1.02. The van der Waals surface area contributed by atoms with Crippen molar-refractivity contribution >= 4 is 5.69 Å². The van der Waals surface area contributed by atoms with Crippen LogP contribution in [0.2, 0.25) is 0 Å². The number of benzene rings is 1. The van der Waals surface area contributed by atoms with Gasteiger partial charge in [0.25, 0.3) is 0 Å². The van der Waals surface area contributed by atoms with Crippen molar-refractivity contribution in [2.24, 2.45) is 0 Å². The smallest absolute Gasteiger partial charge is 0.0447 e. The molecule has 2 N–H and O–H groups in total. The van der Waals surface area contributed by atoms with E-state index < -0.39 is 0 Å². The molecule has 0 aliphatic heterocycles. The first kappa shape index (κ1) is 11.1. The van der Waals surface area contributed by atoms with Crippen LogP contribution in [0.1, 0.15) is 23.1 Å². The molecule has 0 heterocycles. The van der Waals surface area contributed by atoms with Crippen molar-refractivity contribution in [3.8, 4) is 0 Å². The Morgan fingerprint density at radius 2 is 1.71 bits per heavy atom. The van der Waals surface area contributed by atoms with Crippen LogP contribution in [0.15, 0.2) is 12.1 Å². The van der Waals surface area contributed by atoms with Gasteiger partial charge in [0.1, 0.15) is 0 Å². The quantitative estimate of drug-likeness (QED) is 0.720. The van der Waals surface area contributed by atoms with Gasteiger partial charge in [0.05, 0.1) is 0 Å². The lowest BCUT2D eigenvalue weighted by Crippen LogP contribution is -2.05. The highest BCUT2D eigenvalue weighted by Crippen LogP contribution is 2.19. The average molecular weight is 193 g/mol. The molecule has 0 unspecified atom stereocenters. The van der Waals surface area contributed by atoms with Crippen LogP contribution in [-0.4, -0.2) is 18.3 Å². The fourth-order valence-corrected chi connectivity index (χ4v) is 1.45. The molecule has 2 nitrogen and oxygen atoms in total. The third-order valence-corrected chi connectivity index (χ3v) is 2.49. The van der Waals surface area contributed by atoms with E-state index in [1.54, 1.807) is 0 Å². The Balaban J connectivity index is 2.72. The predicted molar refractivity (Wildman–Crippen MR) is 60.8 cm³/mol. The SMILES string of the molecule is Cc1cc(C)c(NCCCO)cc1C. The summed E-state index contributed by atoms with van der Waals surface area (Å²) in [5.41, 5.74) is 5.09. The lowest BCUT2D eigenvalue weighted by molar-refractivity contribution is 0.292. The van der Waals surface area contributed by atoms with Gasteiger partial charge in [0.15, 0.2) is 0 Å². The molecule has 1 aromatic rings. The van der Waals surface area contributed by atoms with Crippen LogP contribution in [0.25, 0.3) is 0 Å². The Labute approximate surface area is 86.0 Å². The molecule has 0 radical (unpaired) electrons. The number of nitrogens with one attached hydrogen (secondary N) is 1. The molecule has 0 amide bonds. The van der Waals surface area contributed by atoms with E-state index in [9.17, 15) is 0 Å². The van der Waals surface area contributed by atoms with Crippen LogP contribution < -0.4 is 5.32 Å². The number of anilines is 1. The molecular formula is C12H19NO. The highest BCUT2D eigenvalue weighted by atomic mass is 16.3. The van der Waals surface area contributed by atoms with Gasteiger partial charge >= 0.3 is 0 Å². The molecule has 14 heavy (non-hydrogen) atoms. The van der Waals surface area contributed by atoms with E-state index in [2.05, 4.69) is 38.2 Å². The summed E-state index contributed by atoms with van der Waals surface area (Å²) >= 11 is 0. The number of rotatable bonds is 4. The Kier molecular flexibility index (Phi) is 3.96. The van der Waals surface area contributed by atoms with Crippen molar-refractivity contribution in [2.75, 3.05) is 18.5 Å². The minimum absolute atomic E-state index is 0.247. The van der Waals surface area contributed by atoms with Crippen molar-refractivity contribution in [2.45, 2.75) is 27.2 Å². The summed E-state index contributed by atoms with van der Waals surface area (Å²) in [7, 11) is 0. The molecule has 0 atom stereocenters. The predicted octanol–water partition coefficient (Wildman–Crippen LogP) is 2.41. The lowest BCUT2D eigenvalue weighted by atomic mass is 10.0. The standard InChI is InChI=1S/C12H19NO/c1-9-7-11(3)12(8-10(9)2)13-5-4-6-14/h7-8,13-14H,4-6H2,1-3H3. The van der Waals surface area contributed by atoms with Crippen LogP contribution in [0.4, 0.5) is 5.69 Å². The molecule has 0 saturated heterocycles. The van der Waals surface area contributed by atoms with Gasteiger partial charge in [-0.3, -0.25) is 0 Å². The molecule has 0 aliphatic rings. The van der Waals surface area contributed by atoms with Gasteiger partial charge in [0, 0.05) is 18.8 Å². The normalized spacial score (nSPS) is 10.3. The number of hydrogen-bond donors (Lipinski definition) is 2. The van der Waals surface area contributed by atoms with E-state index in [0.29, 0.717) is 0 Å². The van der Waals surface area contributed by atoms with Crippen LogP contribution in [0.5, 0.6) is 0 Å². The summed E-state index contributed by atoms with van der Waals surface area (Å²) in [6, 6.07) is 4.36. The van der Waals surface area contributed by atoms with Gasteiger partial charge in [-0.2, -0.15) is 0 Å². The molecule has 0 aliphatic carbocycles. The van der Waals surface area contributed by atoms with Gasteiger partial charge < -0.3 is 10.4 Å². The maximum absolute atomic E-state index is 8.67. The topological polar surface area (TPSA) is 32.3 Å². The van der Waals surface area contributed by atoms with Crippen molar-refractivity contribution in [3.05, 3.63) is 28.8 Å². The van der Waals surface area contributed by atoms with E-state index in [-0.39, 0.29) is 6.61 Å². The first-order valence-corrected chi connectivity index (χ1v) is 5.07. The third kappa shape index (κ3) is 2.74. The summed E-state index contributed by atoms with van der Waals surface area (Å²) in [4.78, 5) is 0. The molecule has 2 heteroatoms. The number of aliphatic hydroxyl groups excluding tert-OH is 1. The Morgan fingerprint density at radius 3 is 2.36 bits per heavy atom. The zero-order chi connectivity index (χ0) is 10.6. The number of aryl methyl sites for hydroxylation is 3. The largest absolute Gasteiger partial charge is 0.396 e. The van der Waals surface area contributed by atoms with Crippen molar-refractivity contribution in [1.29, 1.82) is 0 Å². The second-order valence-electron chi connectivity index (χ2n) is 3.76. The Morgan fingerprint density at radius 1 is 1.07 bits per heavy atom. The number of hydrogen-bond acceptors (Lipinski definition) is 2. The summed E-state index contributed by atoms with van der Waals surface area (Å²) < 4.78 is 0. The molecule has 0 fully saturated rings. The molecule has 0 spiro atoms. The molecule has 0 saturated carbocycles. The van der Waals surface area contributed by atoms with Crippen LogP contribution >= 0.6 is 0 Å². The first-order chi connectivity index (χ1) is 6.65. The molecule has 1 aromatic carbocycles. The van der Waals surface area contributed by atoms with Gasteiger partial charge in [-0.1, -0.05) is 6.07 Å². The fraction of sp³-hybridized carbons (Fsp3) is 0.500. The van der Waals surface area contributed by atoms with E-state index in [4.69, 9.17) is 5.11 Å². The van der Waals surface area contributed by atoms with Crippen LogP contribution in [0, 0.1) is 20.8 Å². The van der Waals surface area contributed by atoms with Gasteiger partial charge in [-0.15, -0.1) is 0 Å². The van der Waals surface area contributed by atoms with Crippen LogP contribution in [-0.2, 0) is 0 Å². The molecule has 78 valence electrons. The second kappa shape index (κ2) is 5.01. The van der Waals surface area contributed by atoms with Crippen molar-refractivity contribution < 1.29 is 5.11 Å². The zero-order valence-corrected chi connectivity index (χ0v) is 9.22. The van der Waals surface area contributed by atoms with Crippen molar-refractivity contribution in [1.82, 2.24) is 0 Å². The minimum atomic E-state index is 0.247.